The SMILES string of the molecule is COc1cc2ccc1CNC(=O)COc1cc(ccc1C)C(=O)N[C@H]1CN(c3ncnc(N)c3C#N)CC[C@H]1O2. The highest BCUT2D eigenvalue weighted by molar-refractivity contribution is 5.95. The summed E-state index contributed by atoms with van der Waals surface area (Å²) in [4.78, 5) is 36.1. The first-order valence-electron chi connectivity index (χ1n) is 12.8. The topological polar surface area (TPSA) is 165 Å². The maximum absolute atomic E-state index is 13.5. The number of methoxy groups -OCH3 is 1. The van der Waals surface area contributed by atoms with Gasteiger partial charge in [-0.25, -0.2) is 9.97 Å². The van der Waals surface area contributed by atoms with E-state index >= 15 is 0 Å². The molecule has 1 saturated heterocycles. The van der Waals surface area contributed by atoms with Crippen molar-refractivity contribution in [2.45, 2.75) is 32.0 Å². The summed E-state index contributed by atoms with van der Waals surface area (Å²) in [5.74, 6) is 1.39. The molecule has 1 fully saturated rings. The van der Waals surface area contributed by atoms with Crippen molar-refractivity contribution in [3.05, 3.63) is 65.0 Å². The summed E-state index contributed by atoms with van der Waals surface area (Å²) < 4.78 is 17.7. The molecule has 3 aliphatic heterocycles. The van der Waals surface area contributed by atoms with Crippen LogP contribution in [0, 0.1) is 18.3 Å². The molecule has 0 aliphatic carbocycles. The van der Waals surface area contributed by atoms with Gasteiger partial charge >= 0.3 is 0 Å². The number of carbonyl (C=O) groups excluding carboxylic acids is 2. The molecular weight excluding hydrogens is 514 g/mol. The minimum absolute atomic E-state index is 0.0937. The van der Waals surface area contributed by atoms with Crippen molar-refractivity contribution in [2.75, 3.05) is 37.4 Å². The second kappa shape index (κ2) is 11.4. The number of hydrogen-bond donors (Lipinski definition) is 3. The number of ether oxygens (including phenoxy) is 3. The van der Waals surface area contributed by atoms with Crippen LogP contribution in [0.25, 0.3) is 0 Å². The maximum Gasteiger partial charge on any atom is 0.258 e. The molecule has 206 valence electrons. The van der Waals surface area contributed by atoms with Crippen molar-refractivity contribution in [1.29, 1.82) is 5.26 Å². The molecule has 2 aromatic carbocycles. The van der Waals surface area contributed by atoms with Gasteiger partial charge in [-0.1, -0.05) is 6.07 Å². The summed E-state index contributed by atoms with van der Waals surface area (Å²) in [6.07, 6.45) is 1.43. The Kier molecular flexibility index (Phi) is 7.54. The normalized spacial score (nSPS) is 19.2. The summed E-state index contributed by atoms with van der Waals surface area (Å²) in [5, 5.41) is 15.6. The molecule has 4 bridgehead atoms. The molecule has 12 nitrogen and oxygen atoms in total. The number of nitriles is 1. The largest absolute Gasteiger partial charge is 0.496 e. The molecule has 0 spiro atoms. The van der Waals surface area contributed by atoms with E-state index in [1.165, 1.54) is 6.33 Å². The first kappa shape index (κ1) is 26.6. The fourth-order valence-corrected chi connectivity index (χ4v) is 4.79. The Hall–Kier alpha value is -5.05. The average molecular weight is 544 g/mol. The fraction of sp³-hybridized carbons (Fsp3) is 0.321. The third-order valence-corrected chi connectivity index (χ3v) is 6.96. The van der Waals surface area contributed by atoms with Crippen molar-refractivity contribution in [3.63, 3.8) is 0 Å². The zero-order valence-corrected chi connectivity index (χ0v) is 22.1. The smallest absolute Gasteiger partial charge is 0.258 e. The van der Waals surface area contributed by atoms with E-state index in [0.717, 1.165) is 11.1 Å². The Balaban J connectivity index is 1.51. The minimum Gasteiger partial charge on any atom is -0.496 e. The van der Waals surface area contributed by atoms with Gasteiger partial charge < -0.3 is 35.5 Å². The lowest BCUT2D eigenvalue weighted by Gasteiger charge is -2.39. The van der Waals surface area contributed by atoms with Crippen LogP contribution in [-0.2, 0) is 11.3 Å². The number of nitrogens with zero attached hydrogens (tertiary/aromatic N) is 4. The maximum atomic E-state index is 13.5. The van der Waals surface area contributed by atoms with Gasteiger partial charge in [0, 0.05) is 43.2 Å². The Morgan fingerprint density at radius 3 is 2.85 bits per heavy atom. The fourth-order valence-electron chi connectivity index (χ4n) is 4.79. The predicted molar refractivity (Wildman–Crippen MR) is 145 cm³/mol. The Labute approximate surface area is 231 Å². The van der Waals surface area contributed by atoms with Gasteiger partial charge in [0.25, 0.3) is 11.8 Å². The number of fused-ring (bicyclic) bond motifs is 7. The van der Waals surface area contributed by atoms with Crippen LogP contribution in [0.2, 0.25) is 0 Å². The molecule has 1 aromatic heterocycles. The Bertz CT molecular complexity index is 1490. The van der Waals surface area contributed by atoms with Gasteiger partial charge in [-0.3, -0.25) is 9.59 Å². The van der Waals surface area contributed by atoms with Crippen molar-refractivity contribution in [3.8, 4) is 23.3 Å². The zero-order valence-electron chi connectivity index (χ0n) is 22.1. The molecule has 2 amide bonds. The number of anilines is 2. The van der Waals surface area contributed by atoms with Crippen LogP contribution in [0.15, 0.2) is 42.7 Å². The predicted octanol–water partition coefficient (Wildman–Crippen LogP) is 1.71. The lowest BCUT2D eigenvalue weighted by atomic mass is 10.00. The number of aromatic nitrogens is 2. The van der Waals surface area contributed by atoms with Crippen molar-refractivity contribution in [2.24, 2.45) is 0 Å². The molecule has 3 aliphatic rings. The van der Waals surface area contributed by atoms with E-state index in [-0.39, 0.29) is 36.3 Å². The van der Waals surface area contributed by atoms with Crippen LogP contribution in [-0.4, -0.2) is 60.7 Å². The van der Waals surface area contributed by atoms with Crippen LogP contribution < -0.4 is 35.5 Å². The number of benzene rings is 2. The Morgan fingerprint density at radius 1 is 1.20 bits per heavy atom. The number of rotatable bonds is 2. The quantitative estimate of drug-likeness (QED) is 0.433. The van der Waals surface area contributed by atoms with Crippen molar-refractivity contribution >= 4 is 23.5 Å². The lowest BCUT2D eigenvalue weighted by Crippen LogP contribution is -2.57. The van der Waals surface area contributed by atoms with Gasteiger partial charge in [0.1, 0.15) is 47.1 Å². The Morgan fingerprint density at radius 2 is 2.05 bits per heavy atom. The summed E-state index contributed by atoms with van der Waals surface area (Å²) in [5.41, 5.74) is 8.04. The number of hydrogen-bond acceptors (Lipinski definition) is 10. The summed E-state index contributed by atoms with van der Waals surface area (Å²) in [7, 11) is 1.55. The van der Waals surface area contributed by atoms with E-state index < -0.39 is 12.1 Å². The molecule has 3 aromatic rings. The van der Waals surface area contributed by atoms with Crippen LogP contribution in [0.3, 0.4) is 0 Å². The molecule has 12 heteroatoms. The average Bonchev–Trinajstić information content (AvgIpc) is 2.96. The van der Waals surface area contributed by atoms with E-state index in [4.69, 9.17) is 19.9 Å². The van der Waals surface area contributed by atoms with Crippen molar-refractivity contribution in [1.82, 2.24) is 20.6 Å². The first-order valence-corrected chi connectivity index (χ1v) is 12.8. The van der Waals surface area contributed by atoms with Gasteiger partial charge in [-0.15, -0.1) is 0 Å². The number of amides is 2. The first-order chi connectivity index (χ1) is 19.4. The second-order valence-electron chi connectivity index (χ2n) is 9.56. The summed E-state index contributed by atoms with van der Waals surface area (Å²) in [6.45, 7) is 2.69. The highest BCUT2D eigenvalue weighted by atomic mass is 16.5. The number of aryl methyl sites for hydroxylation is 1. The van der Waals surface area contributed by atoms with E-state index in [1.54, 1.807) is 37.4 Å². The third kappa shape index (κ3) is 5.54. The zero-order chi connectivity index (χ0) is 28.2. The van der Waals surface area contributed by atoms with E-state index in [2.05, 4.69) is 26.7 Å². The minimum atomic E-state index is -0.487. The van der Waals surface area contributed by atoms with Crippen LogP contribution in [0.1, 0.15) is 33.5 Å². The standard InChI is InChI=1S/C28H29N7O5/c1-16-3-4-17-9-23(16)39-14-25(36)31-12-18-5-6-19(10-24(18)38-2)40-22-7-8-35(13-21(22)34-28(17)37)27-20(11-29)26(30)32-15-33-27/h3-6,9-10,15,21-22H,7-8,12-14H2,1-2H3,(H,31,36)(H,34,37)(H2,30,32,33)/t21-,22+/m0/s1. The summed E-state index contributed by atoms with van der Waals surface area (Å²) in [6, 6.07) is 12.1. The molecular formula is C28H29N7O5. The number of carbonyl (C=O) groups is 2. The molecule has 6 rings (SSSR count). The monoisotopic (exact) mass is 543 g/mol. The molecule has 0 radical (unpaired) electrons. The van der Waals surface area contributed by atoms with Crippen LogP contribution in [0.5, 0.6) is 17.2 Å². The molecule has 4 heterocycles. The lowest BCUT2D eigenvalue weighted by molar-refractivity contribution is -0.123. The van der Waals surface area contributed by atoms with E-state index in [1.807, 2.05) is 17.9 Å². The molecule has 0 saturated carbocycles. The third-order valence-electron chi connectivity index (χ3n) is 6.96. The molecule has 0 unspecified atom stereocenters. The van der Waals surface area contributed by atoms with Gasteiger partial charge in [0.05, 0.1) is 13.2 Å². The van der Waals surface area contributed by atoms with Crippen LogP contribution in [0.4, 0.5) is 11.6 Å². The number of piperidine rings is 1. The number of nitrogen functional groups attached to an aromatic ring is 1. The summed E-state index contributed by atoms with van der Waals surface area (Å²) >= 11 is 0. The second-order valence-corrected chi connectivity index (χ2v) is 9.56. The van der Waals surface area contributed by atoms with E-state index in [9.17, 15) is 14.9 Å². The highest BCUT2D eigenvalue weighted by Crippen LogP contribution is 2.30. The molecule has 40 heavy (non-hydrogen) atoms. The van der Waals surface area contributed by atoms with Gasteiger partial charge in [-0.2, -0.15) is 5.26 Å². The number of nitrogens with two attached hydrogens (primary N) is 1. The van der Waals surface area contributed by atoms with Gasteiger partial charge in [0.15, 0.2) is 12.4 Å². The van der Waals surface area contributed by atoms with Gasteiger partial charge in [-0.05, 0) is 36.8 Å². The highest BCUT2D eigenvalue weighted by Gasteiger charge is 2.34. The van der Waals surface area contributed by atoms with Crippen LogP contribution >= 0.6 is 0 Å². The van der Waals surface area contributed by atoms with Crippen molar-refractivity contribution < 1.29 is 23.8 Å². The molecule has 2 atom stereocenters. The van der Waals surface area contributed by atoms with E-state index in [0.29, 0.717) is 48.1 Å². The number of nitrogens with one attached hydrogen (secondary N) is 2. The molecule has 4 N–H and O–H groups in total. The van der Waals surface area contributed by atoms with Gasteiger partial charge in [0.2, 0.25) is 0 Å².